The quantitative estimate of drug-likeness (QED) is 0.285. The second-order valence-corrected chi connectivity index (χ2v) is 11.2. The van der Waals surface area contributed by atoms with E-state index in [0.29, 0.717) is 24.6 Å². The topological polar surface area (TPSA) is 103 Å². The highest BCUT2D eigenvalue weighted by Crippen LogP contribution is 2.33. The molecule has 2 aromatic heterocycles. The van der Waals surface area contributed by atoms with Gasteiger partial charge in [-0.3, -0.25) is 4.79 Å². The molecular formula is C29H32N6O2S. The summed E-state index contributed by atoms with van der Waals surface area (Å²) in [7, 11) is 0. The average molecular weight is 529 g/mol. The first-order valence-corrected chi connectivity index (χ1v) is 14.3. The highest BCUT2D eigenvalue weighted by Gasteiger charge is 2.22. The molecule has 38 heavy (non-hydrogen) atoms. The average Bonchev–Trinajstić information content (AvgIpc) is 3.32. The Morgan fingerprint density at radius 3 is 2.63 bits per heavy atom. The summed E-state index contributed by atoms with van der Waals surface area (Å²) in [4.78, 5) is 28.7. The summed E-state index contributed by atoms with van der Waals surface area (Å²) in [6, 6.07) is 18.5. The van der Waals surface area contributed by atoms with Crippen LogP contribution in [0.3, 0.4) is 0 Å². The number of thiazole rings is 1. The van der Waals surface area contributed by atoms with E-state index in [1.807, 2.05) is 41.3 Å². The van der Waals surface area contributed by atoms with E-state index in [0.717, 1.165) is 71.8 Å². The summed E-state index contributed by atoms with van der Waals surface area (Å²) in [5, 5.41) is 17.5. The van der Waals surface area contributed by atoms with E-state index in [4.69, 9.17) is 15.0 Å². The molecule has 6 rings (SSSR count). The normalized spacial score (nSPS) is 20.0. The number of benzene rings is 2. The molecule has 0 atom stereocenters. The fourth-order valence-electron chi connectivity index (χ4n) is 5.25. The van der Waals surface area contributed by atoms with Crippen molar-refractivity contribution in [2.75, 3.05) is 22.1 Å². The van der Waals surface area contributed by atoms with Crippen LogP contribution in [0.1, 0.15) is 56.2 Å². The third-order valence-corrected chi connectivity index (χ3v) is 8.21. The first kappa shape index (κ1) is 24.8. The Kier molecular flexibility index (Phi) is 7.20. The Morgan fingerprint density at radius 2 is 1.82 bits per heavy atom. The molecule has 196 valence electrons. The summed E-state index contributed by atoms with van der Waals surface area (Å²) < 4.78 is 1.03. The number of aliphatic hydroxyl groups excluding tert-OH is 1. The van der Waals surface area contributed by atoms with Crippen LogP contribution in [0.5, 0.6) is 0 Å². The first-order chi connectivity index (χ1) is 18.6. The molecule has 2 fully saturated rings. The van der Waals surface area contributed by atoms with E-state index in [2.05, 4.69) is 28.8 Å². The molecule has 8 nitrogen and oxygen atoms in total. The van der Waals surface area contributed by atoms with Crippen molar-refractivity contribution < 1.29 is 9.90 Å². The van der Waals surface area contributed by atoms with E-state index in [1.54, 1.807) is 11.3 Å². The van der Waals surface area contributed by atoms with E-state index >= 15 is 0 Å². The number of aliphatic hydroxyl groups is 1. The van der Waals surface area contributed by atoms with Gasteiger partial charge in [0.2, 0.25) is 11.9 Å². The van der Waals surface area contributed by atoms with Gasteiger partial charge in [0.05, 0.1) is 22.0 Å². The third kappa shape index (κ3) is 5.79. The largest absolute Gasteiger partial charge is 0.393 e. The minimum absolute atomic E-state index is 0.192. The zero-order valence-corrected chi connectivity index (χ0v) is 22.1. The highest BCUT2D eigenvalue weighted by atomic mass is 32.1. The molecular weight excluding hydrogens is 496 g/mol. The van der Waals surface area contributed by atoms with Gasteiger partial charge in [0.15, 0.2) is 5.13 Å². The number of nitrogens with zero attached hydrogens (tertiary/aromatic N) is 4. The summed E-state index contributed by atoms with van der Waals surface area (Å²) in [5.41, 5.74) is 3.93. The van der Waals surface area contributed by atoms with Crippen LogP contribution in [-0.4, -0.2) is 44.7 Å². The SMILES string of the molecule is O=C1CCCCN1c1ccc2nc(Nc3cc(Cc4ccccc4)nc(N[C@H]4CC[C@H](O)CC4)n3)sc2c1. The Bertz CT molecular complexity index is 1420. The summed E-state index contributed by atoms with van der Waals surface area (Å²) >= 11 is 1.55. The number of nitrogens with one attached hydrogen (secondary N) is 2. The van der Waals surface area contributed by atoms with Gasteiger partial charge in [0.1, 0.15) is 5.82 Å². The zero-order chi connectivity index (χ0) is 25.9. The van der Waals surface area contributed by atoms with Crippen molar-refractivity contribution in [3.8, 4) is 0 Å². The number of fused-ring (bicyclic) bond motifs is 1. The third-order valence-electron chi connectivity index (χ3n) is 7.28. The van der Waals surface area contributed by atoms with Crippen molar-refractivity contribution in [3.63, 3.8) is 0 Å². The fraction of sp³-hybridized carbons (Fsp3) is 0.379. The molecule has 0 bridgehead atoms. The molecule has 0 unspecified atom stereocenters. The Morgan fingerprint density at radius 1 is 0.974 bits per heavy atom. The van der Waals surface area contributed by atoms with Gasteiger partial charge in [0, 0.05) is 37.2 Å². The second-order valence-electron chi connectivity index (χ2n) is 10.2. The number of anilines is 4. The number of carbonyl (C=O) groups excluding carboxylic acids is 1. The standard InChI is InChI=1S/C29H32N6O2S/c36-23-12-9-20(10-13-23)30-28-31-21(16-19-6-2-1-3-7-19)17-26(33-28)34-29-32-24-14-11-22(18-25(24)38-29)35-15-5-4-8-27(35)37/h1-3,6-7,11,14,17-18,20,23,36H,4-5,8-10,12-13,15-16H2,(H2,30,31,32,33,34)/t20-,23-. The molecule has 1 amide bonds. The van der Waals surface area contributed by atoms with Gasteiger partial charge < -0.3 is 20.6 Å². The fourth-order valence-corrected chi connectivity index (χ4v) is 6.15. The number of aromatic nitrogens is 3. The molecule has 2 aromatic carbocycles. The van der Waals surface area contributed by atoms with Crippen LogP contribution in [0.15, 0.2) is 54.6 Å². The van der Waals surface area contributed by atoms with Crippen molar-refractivity contribution in [1.29, 1.82) is 0 Å². The summed E-state index contributed by atoms with van der Waals surface area (Å²) in [5.74, 6) is 1.47. The van der Waals surface area contributed by atoms with Gasteiger partial charge in [-0.2, -0.15) is 4.98 Å². The number of rotatable bonds is 7. The van der Waals surface area contributed by atoms with Crippen molar-refractivity contribution in [1.82, 2.24) is 15.0 Å². The maximum Gasteiger partial charge on any atom is 0.226 e. The van der Waals surface area contributed by atoms with E-state index in [1.165, 1.54) is 5.56 Å². The van der Waals surface area contributed by atoms with Crippen molar-refractivity contribution >= 4 is 50.0 Å². The number of amides is 1. The van der Waals surface area contributed by atoms with Crippen LogP contribution in [0.2, 0.25) is 0 Å². The summed E-state index contributed by atoms with van der Waals surface area (Å²) in [6.45, 7) is 0.773. The minimum Gasteiger partial charge on any atom is -0.393 e. The van der Waals surface area contributed by atoms with Gasteiger partial charge in [-0.25, -0.2) is 9.97 Å². The van der Waals surface area contributed by atoms with Gasteiger partial charge in [-0.05, 0) is 62.3 Å². The van der Waals surface area contributed by atoms with Crippen LogP contribution in [-0.2, 0) is 11.2 Å². The number of carbonyl (C=O) groups is 1. The van der Waals surface area contributed by atoms with Gasteiger partial charge >= 0.3 is 0 Å². The van der Waals surface area contributed by atoms with E-state index in [9.17, 15) is 9.90 Å². The van der Waals surface area contributed by atoms with Crippen LogP contribution < -0.4 is 15.5 Å². The monoisotopic (exact) mass is 528 g/mol. The minimum atomic E-state index is -0.205. The Labute approximate surface area is 226 Å². The molecule has 1 aliphatic heterocycles. The number of hydrogen-bond donors (Lipinski definition) is 3. The lowest BCUT2D eigenvalue weighted by atomic mass is 9.93. The predicted molar refractivity (Wildman–Crippen MR) is 152 cm³/mol. The van der Waals surface area contributed by atoms with E-state index < -0.39 is 0 Å². The molecule has 4 aromatic rings. The Hall–Kier alpha value is -3.56. The van der Waals surface area contributed by atoms with Crippen molar-refractivity contribution in [2.45, 2.75) is 63.5 Å². The van der Waals surface area contributed by atoms with Crippen LogP contribution >= 0.6 is 11.3 Å². The predicted octanol–water partition coefficient (Wildman–Crippen LogP) is 5.65. The van der Waals surface area contributed by atoms with Gasteiger partial charge in [0.25, 0.3) is 0 Å². The molecule has 1 saturated carbocycles. The highest BCUT2D eigenvalue weighted by molar-refractivity contribution is 7.22. The van der Waals surface area contributed by atoms with E-state index in [-0.39, 0.29) is 18.1 Å². The van der Waals surface area contributed by atoms with Crippen molar-refractivity contribution in [2.24, 2.45) is 0 Å². The Balaban J connectivity index is 1.25. The first-order valence-electron chi connectivity index (χ1n) is 13.4. The van der Waals surface area contributed by atoms with Crippen molar-refractivity contribution in [3.05, 3.63) is 65.9 Å². The van der Waals surface area contributed by atoms with Crippen LogP contribution in [0, 0.1) is 0 Å². The number of piperidine rings is 1. The molecule has 0 spiro atoms. The summed E-state index contributed by atoms with van der Waals surface area (Å²) in [6.07, 6.45) is 6.50. The molecule has 0 radical (unpaired) electrons. The maximum absolute atomic E-state index is 12.4. The maximum atomic E-state index is 12.4. The second kappa shape index (κ2) is 11.0. The lowest BCUT2D eigenvalue weighted by Gasteiger charge is -2.26. The lowest BCUT2D eigenvalue weighted by molar-refractivity contribution is -0.119. The molecule has 3 heterocycles. The number of hydrogen-bond acceptors (Lipinski definition) is 8. The van der Waals surface area contributed by atoms with Gasteiger partial charge in [-0.15, -0.1) is 0 Å². The molecule has 2 aliphatic rings. The lowest BCUT2D eigenvalue weighted by Crippen LogP contribution is -2.35. The smallest absolute Gasteiger partial charge is 0.226 e. The van der Waals surface area contributed by atoms with Crippen LogP contribution in [0.25, 0.3) is 10.2 Å². The van der Waals surface area contributed by atoms with Gasteiger partial charge in [-0.1, -0.05) is 41.7 Å². The zero-order valence-electron chi connectivity index (χ0n) is 21.3. The van der Waals surface area contributed by atoms with Crippen LogP contribution in [0.4, 0.5) is 22.6 Å². The molecule has 1 saturated heterocycles. The molecule has 9 heteroatoms. The molecule has 1 aliphatic carbocycles. The molecule has 3 N–H and O–H groups in total.